The van der Waals surface area contributed by atoms with E-state index in [9.17, 15) is 0 Å². The van der Waals surface area contributed by atoms with Crippen molar-refractivity contribution in [1.82, 2.24) is 0 Å². The number of hydrogen-bond acceptors (Lipinski definition) is 2. The Bertz CT molecular complexity index is 2760. The van der Waals surface area contributed by atoms with Gasteiger partial charge in [0.2, 0.25) is 0 Å². The third-order valence-corrected chi connectivity index (χ3v) is 14.7. The fourth-order valence-electron chi connectivity index (χ4n) is 10.9. The molecule has 5 aromatic carbocycles. The number of nitrogens with zero attached hydrogens (tertiary/aromatic N) is 2. The van der Waals surface area contributed by atoms with Crippen molar-refractivity contribution < 1.29 is 0 Å². The lowest BCUT2D eigenvalue weighted by molar-refractivity contribution is 0.432. The van der Waals surface area contributed by atoms with Gasteiger partial charge in [-0.1, -0.05) is 148 Å². The molecule has 62 heavy (non-hydrogen) atoms. The Hall–Kier alpha value is -5.34. The maximum atomic E-state index is 2.74. The smallest absolute Gasteiger partial charge is 0.0540 e. The van der Waals surface area contributed by atoms with Gasteiger partial charge in [0.25, 0.3) is 0 Å². The highest BCUT2D eigenvalue weighted by atomic mass is 15.2. The number of allylic oxidation sites excluding steroid dienone is 6. The first-order valence-corrected chi connectivity index (χ1v) is 23.3. The first kappa shape index (κ1) is 42.0. The number of anilines is 5. The largest absolute Gasteiger partial charge is 0.313 e. The van der Waals surface area contributed by atoms with Gasteiger partial charge in [-0.3, -0.25) is 0 Å². The molecule has 0 fully saturated rings. The van der Waals surface area contributed by atoms with Gasteiger partial charge in [-0.25, -0.2) is 0 Å². The lowest BCUT2D eigenvalue weighted by Crippen LogP contribution is -2.37. The van der Waals surface area contributed by atoms with E-state index in [2.05, 4.69) is 222 Å². The van der Waals surface area contributed by atoms with Crippen LogP contribution in [0.5, 0.6) is 0 Å². The van der Waals surface area contributed by atoms with Crippen LogP contribution in [0.4, 0.5) is 28.4 Å². The van der Waals surface area contributed by atoms with E-state index in [1.165, 1.54) is 106 Å². The highest BCUT2D eigenvalue weighted by Gasteiger charge is 2.48. The van der Waals surface area contributed by atoms with Crippen molar-refractivity contribution in [2.24, 2.45) is 17.3 Å². The second-order valence-electron chi connectivity index (χ2n) is 21.9. The van der Waals surface area contributed by atoms with Crippen LogP contribution in [0.25, 0.3) is 11.6 Å². The van der Waals surface area contributed by atoms with Crippen LogP contribution in [0.2, 0.25) is 0 Å². The van der Waals surface area contributed by atoms with Crippen LogP contribution in [0.3, 0.4) is 0 Å². The van der Waals surface area contributed by atoms with Crippen molar-refractivity contribution in [3.8, 4) is 0 Å². The van der Waals surface area contributed by atoms with Gasteiger partial charge in [0.1, 0.15) is 0 Å². The lowest BCUT2D eigenvalue weighted by Gasteiger charge is -2.49. The van der Waals surface area contributed by atoms with Gasteiger partial charge in [0.05, 0.1) is 5.69 Å². The summed E-state index contributed by atoms with van der Waals surface area (Å²) in [7, 11) is 0. The van der Waals surface area contributed by atoms with Crippen LogP contribution in [-0.4, -0.2) is 0 Å². The van der Waals surface area contributed by atoms with Crippen LogP contribution in [-0.2, 0) is 17.3 Å². The Morgan fingerprint density at radius 1 is 0.613 bits per heavy atom. The molecule has 0 radical (unpaired) electrons. The molecule has 2 atom stereocenters. The van der Waals surface area contributed by atoms with E-state index in [0.717, 1.165) is 12.8 Å². The van der Waals surface area contributed by atoms with Crippen molar-refractivity contribution in [2.75, 3.05) is 9.80 Å². The van der Waals surface area contributed by atoms with Crippen LogP contribution in [0, 0.1) is 44.9 Å². The standard InChI is InChI=1S/C60H68N2/c1-36(2)46-35-54(62(50-22-18-16-20-38(50)4)52-33-43(59(10,11)12)26-24-40(52)6)47-34-48-55-41(29-30-60(48,13)14)31-53(45-28-27-44(46)56(47)57(45)55)61(49-21-17-15-19-37(49)3)51-32-42(58(7,8)9)25-23-39(51)5/h15-28,31-36,47,56H,29-30H2,1-14H3/t47-,56?/m0/s1. The normalized spacial score (nSPS) is 18.7. The average molecular weight is 817 g/mol. The first-order valence-electron chi connectivity index (χ1n) is 23.3. The van der Waals surface area contributed by atoms with Crippen molar-refractivity contribution >= 4 is 40.1 Å². The second kappa shape index (κ2) is 14.9. The summed E-state index contributed by atoms with van der Waals surface area (Å²) in [5.74, 6) is 0.659. The molecular weight excluding hydrogens is 749 g/mol. The van der Waals surface area contributed by atoms with E-state index in [4.69, 9.17) is 0 Å². The molecular formula is C60H68N2. The Labute approximate surface area is 373 Å². The highest BCUT2D eigenvalue weighted by Crippen LogP contribution is 2.62. The summed E-state index contributed by atoms with van der Waals surface area (Å²) >= 11 is 0. The summed E-state index contributed by atoms with van der Waals surface area (Å²) in [6, 6.07) is 35.0. The number of aryl methyl sites for hydroxylation is 5. The van der Waals surface area contributed by atoms with Crippen molar-refractivity contribution in [3.63, 3.8) is 0 Å². The summed E-state index contributed by atoms with van der Waals surface area (Å²) in [6.07, 6.45) is 12.6. The molecule has 318 valence electrons. The van der Waals surface area contributed by atoms with Gasteiger partial charge in [0.15, 0.2) is 0 Å². The predicted molar refractivity (Wildman–Crippen MR) is 268 cm³/mol. The molecule has 0 aromatic heterocycles. The van der Waals surface area contributed by atoms with Crippen LogP contribution in [0.1, 0.15) is 137 Å². The van der Waals surface area contributed by atoms with Gasteiger partial charge in [-0.15, -0.1) is 0 Å². The summed E-state index contributed by atoms with van der Waals surface area (Å²) in [4.78, 5) is 5.30. The molecule has 0 bridgehead atoms. The minimum absolute atomic E-state index is 0.0123. The monoisotopic (exact) mass is 817 g/mol. The lowest BCUT2D eigenvalue weighted by atomic mass is 9.57. The van der Waals surface area contributed by atoms with E-state index in [0.29, 0.717) is 5.92 Å². The van der Waals surface area contributed by atoms with Crippen LogP contribution < -0.4 is 9.80 Å². The summed E-state index contributed by atoms with van der Waals surface area (Å²) in [5.41, 5.74) is 26.0. The fourth-order valence-corrected chi connectivity index (χ4v) is 10.9. The number of rotatable bonds is 7. The predicted octanol–water partition coefficient (Wildman–Crippen LogP) is 16.8. The molecule has 0 saturated heterocycles. The Morgan fingerprint density at radius 2 is 1.15 bits per heavy atom. The molecule has 0 saturated carbocycles. The zero-order valence-corrected chi connectivity index (χ0v) is 40.0. The van der Waals surface area contributed by atoms with Crippen LogP contribution >= 0.6 is 0 Å². The van der Waals surface area contributed by atoms with Crippen molar-refractivity contribution in [2.45, 2.75) is 127 Å². The molecule has 1 unspecified atom stereocenters. The van der Waals surface area contributed by atoms with Gasteiger partial charge >= 0.3 is 0 Å². The van der Waals surface area contributed by atoms with Crippen LogP contribution in [0.15, 0.2) is 126 Å². The Kier molecular flexibility index (Phi) is 10.1. The third-order valence-electron chi connectivity index (χ3n) is 14.7. The topological polar surface area (TPSA) is 6.48 Å². The molecule has 2 heteroatoms. The molecule has 0 heterocycles. The highest BCUT2D eigenvalue weighted by molar-refractivity contribution is 5.94. The summed E-state index contributed by atoms with van der Waals surface area (Å²) in [6.45, 7) is 33.0. The molecule has 0 aliphatic heterocycles. The maximum absolute atomic E-state index is 2.74. The first-order chi connectivity index (χ1) is 29.3. The number of benzene rings is 5. The Balaban J connectivity index is 1.37. The molecule has 0 amide bonds. The van der Waals surface area contributed by atoms with Gasteiger partial charge in [-0.05, 0) is 166 Å². The fraction of sp³-hybridized carbons (Fsp3) is 0.367. The SMILES string of the molecule is Cc1ccccc1N(C1=CC(C(C)C)=C2C=Cc3c(N(c4ccccc4C)c4cc(C(C)(C)C)ccc4C)cc4c5c3C2[C@H]1C=C5C(C)(C)CC4)c1cc(C(C)(C)C)ccc1C. The molecule has 2 nitrogen and oxygen atoms in total. The van der Waals surface area contributed by atoms with Crippen molar-refractivity contribution in [3.05, 3.63) is 182 Å². The molecule has 0 N–H and O–H groups in total. The molecule has 4 aliphatic rings. The van der Waals surface area contributed by atoms with Gasteiger partial charge < -0.3 is 9.80 Å². The van der Waals surface area contributed by atoms with Gasteiger partial charge in [-0.2, -0.15) is 0 Å². The minimum Gasteiger partial charge on any atom is -0.313 e. The second-order valence-corrected chi connectivity index (χ2v) is 21.9. The quantitative estimate of drug-likeness (QED) is 0.161. The molecule has 4 aliphatic carbocycles. The van der Waals surface area contributed by atoms with Crippen molar-refractivity contribution in [1.29, 1.82) is 0 Å². The Morgan fingerprint density at radius 3 is 1.69 bits per heavy atom. The molecule has 5 aromatic rings. The third kappa shape index (κ3) is 6.84. The number of para-hydroxylation sites is 2. The summed E-state index contributed by atoms with van der Waals surface area (Å²) < 4.78 is 0. The number of hydrogen-bond donors (Lipinski definition) is 0. The maximum Gasteiger partial charge on any atom is 0.0540 e. The van der Waals surface area contributed by atoms with E-state index in [1.807, 2.05) is 0 Å². The van der Waals surface area contributed by atoms with E-state index >= 15 is 0 Å². The average Bonchev–Trinajstić information content (AvgIpc) is 3.21. The molecule has 9 rings (SSSR count). The van der Waals surface area contributed by atoms with E-state index in [1.54, 1.807) is 0 Å². The summed E-state index contributed by atoms with van der Waals surface area (Å²) in [5, 5.41) is 0. The molecule has 0 spiro atoms. The zero-order valence-electron chi connectivity index (χ0n) is 40.0. The van der Waals surface area contributed by atoms with E-state index < -0.39 is 0 Å². The van der Waals surface area contributed by atoms with E-state index in [-0.39, 0.29) is 28.1 Å². The minimum atomic E-state index is 0.0123. The zero-order chi connectivity index (χ0) is 44.2. The van der Waals surface area contributed by atoms with Gasteiger partial charge in [0, 0.05) is 45.8 Å².